The van der Waals surface area contributed by atoms with Crippen LogP contribution in [-0.4, -0.2) is 45.3 Å². The second-order valence-corrected chi connectivity index (χ2v) is 11.6. The van der Waals surface area contributed by atoms with Crippen molar-refractivity contribution in [3.8, 4) is 0 Å². The van der Waals surface area contributed by atoms with Gasteiger partial charge in [-0.15, -0.1) is 0 Å². The molecule has 2 aliphatic carbocycles. The molecule has 0 spiro atoms. The van der Waals surface area contributed by atoms with Crippen LogP contribution in [0.25, 0.3) is 6.08 Å². The Kier molecular flexibility index (Phi) is 10.3. The molecule has 1 heterocycles. The summed E-state index contributed by atoms with van der Waals surface area (Å²) in [7, 11) is 0. The van der Waals surface area contributed by atoms with E-state index in [0.717, 1.165) is 29.5 Å². The SMILES string of the molecule is CC(C)[C@H](C[C@H](O)[C@H](CC1CCCCC1)NC(=O)/C=C/c1cccnc1)C(=O)N[C@H]1c2ccccc2C[C@H]1O. The molecule has 4 N–H and O–H groups in total. The number of fused-ring (bicyclic) bond motifs is 1. The zero-order chi connectivity index (χ0) is 27.8. The highest BCUT2D eigenvalue weighted by Gasteiger charge is 2.36. The summed E-state index contributed by atoms with van der Waals surface area (Å²) in [6.45, 7) is 3.95. The number of rotatable bonds is 11. The molecule has 0 unspecified atom stereocenters. The van der Waals surface area contributed by atoms with E-state index in [1.807, 2.05) is 50.2 Å². The summed E-state index contributed by atoms with van der Waals surface area (Å²) in [6, 6.07) is 10.6. The molecule has 0 radical (unpaired) electrons. The minimum absolute atomic E-state index is 0.0232. The number of aromatic nitrogens is 1. The van der Waals surface area contributed by atoms with E-state index in [1.54, 1.807) is 18.5 Å². The molecular weight excluding hydrogens is 490 g/mol. The van der Waals surface area contributed by atoms with Gasteiger partial charge >= 0.3 is 0 Å². The minimum atomic E-state index is -0.874. The minimum Gasteiger partial charge on any atom is -0.391 e. The zero-order valence-electron chi connectivity index (χ0n) is 23.1. The Morgan fingerprint density at radius 2 is 1.87 bits per heavy atom. The number of nitrogens with one attached hydrogen (secondary N) is 2. The maximum atomic E-state index is 13.5. The maximum absolute atomic E-state index is 13.5. The van der Waals surface area contributed by atoms with Crippen molar-refractivity contribution in [2.75, 3.05) is 0 Å². The third-order valence-corrected chi connectivity index (χ3v) is 8.35. The highest BCUT2D eigenvalue weighted by molar-refractivity contribution is 5.91. The number of nitrogens with zero attached hydrogens (tertiary/aromatic N) is 1. The largest absolute Gasteiger partial charge is 0.391 e. The predicted molar refractivity (Wildman–Crippen MR) is 152 cm³/mol. The molecule has 2 aromatic rings. The highest BCUT2D eigenvalue weighted by Crippen LogP contribution is 2.33. The van der Waals surface area contributed by atoms with Crippen LogP contribution in [0.5, 0.6) is 0 Å². The van der Waals surface area contributed by atoms with E-state index in [1.165, 1.54) is 25.3 Å². The number of aliphatic hydroxyl groups excluding tert-OH is 2. The van der Waals surface area contributed by atoms with E-state index in [2.05, 4.69) is 15.6 Å². The van der Waals surface area contributed by atoms with Crippen molar-refractivity contribution in [1.29, 1.82) is 0 Å². The Balaban J connectivity index is 1.44. The summed E-state index contributed by atoms with van der Waals surface area (Å²) in [4.78, 5) is 30.4. The van der Waals surface area contributed by atoms with Gasteiger partial charge < -0.3 is 20.8 Å². The van der Waals surface area contributed by atoms with Crippen LogP contribution in [0.1, 0.15) is 81.5 Å². The van der Waals surface area contributed by atoms with Gasteiger partial charge in [0.05, 0.1) is 24.3 Å². The van der Waals surface area contributed by atoms with Gasteiger partial charge in [-0.25, -0.2) is 0 Å². The van der Waals surface area contributed by atoms with Crippen molar-refractivity contribution in [1.82, 2.24) is 15.6 Å². The van der Waals surface area contributed by atoms with Crippen LogP contribution in [0.4, 0.5) is 0 Å². The molecule has 7 heteroatoms. The number of aliphatic hydroxyl groups is 2. The third-order valence-electron chi connectivity index (χ3n) is 8.35. The fourth-order valence-electron chi connectivity index (χ4n) is 6.09. The van der Waals surface area contributed by atoms with Crippen molar-refractivity contribution in [3.63, 3.8) is 0 Å². The summed E-state index contributed by atoms with van der Waals surface area (Å²) >= 11 is 0. The molecule has 1 fully saturated rings. The second-order valence-electron chi connectivity index (χ2n) is 11.6. The average molecular weight is 534 g/mol. The first-order valence-corrected chi connectivity index (χ1v) is 14.4. The van der Waals surface area contributed by atoms with Gasteiger partial charge in [0, 0.05) is 30.8 Å². The van der Waals surface area contributed by atoms with Crippen LogP contribution < -0.4 is 10.6 Å². The summed E-state index contributed by atoms with van der Waals surface area (Å²) in [5.74, 6) is -0.488. The number of pyridine rings is 1. The van der Waals surface area contributed by atoms with E-state index in [4.69, 9.17) is 0 Å². The van der Waals surface area contributed by atoms with E-state index in [-0.39, 0.29) is 24.2 Å². The van der Waals surface area contributed by atoms with E-state index in [0.29, 0.717) is 18.8 Å². The number of amides is 2. The van der Waals surface area contributed by atoms with Crippen molar-refractivity contribution < 1.29 is 19.8 Å². The number of carbonyl (C=O) groups is 2. The number of carbonyl (C=O) groups excluding carboxylic acids is 2. The fraction of sp³-hybridized carbons (Fsp3) is 0.531. The van der Waals surface area contributed by atoms with Gasteiger partial charge in [0.1, 0.15) is 0 Å². The summed E-state index contributed by atoms with van der Waals surface area (Å²) in [5.41, 5.74) is 2.82. The quantitative estimate of drug-likeness (QED) is 0.321. The van der Waals surface area contributed by atoms with Gasteiger partial charge in [-0.05, 0) is 53.5 Å². The lowest BCUT2D eigenvalue weighted by atomic mass is 9.81. The van der Waals surface area contributed by atoms with Crippen LogP contribution in [0.15, 0.2) is 54.9 Å². The molecule has 1 aromatic heterocycles. The number of hydrogen-bond donors (Lipinski definition) is 4. The predicted octanol–water partition coefficient (Wildman–Crippen LogP) is 4.35. The molecule has 1 saturated carbocycles. The van der Waals surface area contributed by atoms with E-state index in [9.17, 15) is 19.8 Å². The van der Waals surface area contributed by atoms with Crippen molar-refractivity contribution in [2.24, 2.45) is 17.8 Å². The first-order valence-electron chi connectivity index (χ1n) is 14.4. The summed E-state index contributed by atoms with van der Waals surface area (Å²) in [5, 5.41) is 28.2. The molecule has 0 aliphatic heterocycles. The van der Waals surface area contributed by atoms with Gasteiger partial charge in [-0.1, -0.05) is 76.3 Å². The second kappa shape index (κ2) is 13.9. The van der Waals surface area contributed by atoms with Gasteiger partial charge in [0.2, 0.25) is 11.8 Å². The lowest BCUT2D eigenvalue weighted by Crippen LogP contribution is -2.47. The smallest absolute Gasteiger partial charge is 0.244 e. The average Bonchev–Trinajstić information content (AvgIpc) is 3.25. The first kappa shape index (κ1) is 29.0. The Hall–Kier alpha value is -3.03. The maximum Gasteiger partial charge on any atom is 0.244 e. The van der Waals surface area contributed by atoms with Crippen LogP contribution in [0.3, 0.4) is 0 Å². The molecule has 4 rings (SSSR count). The normalized spacial score (nSPS) is 21.9. The molecule has 0 saturated heterocycles. The van der Waals surface area contributed by atoms with E-state index >= 15 is 0 Å². The molecule has 0 bridgehead atoms. The summed E-state index contributed by atoms with van der Waals surface area (Å²) < 4.78 is 0. The fourth-order valence-corrected chi connectivity index (χ4v) is 6.09. The lowest BCUT2D eigenvalue weighted by molar-refractivity contribution is -0.129. The van der Waals surface area contributed by atoms with Crippen LogP contribution >= 0.6 is 0 Å². The van der Waals surface area contributed by atoms with Crippen LogP contribution in [-0.2, 0) is 16.0 Å². The molecule has 2 amide bonds. The summed E-state index contributed by atoms with van der Waals surface area (Å²) in [6.07, 6.45) is 12.2. The topological polar surface area (TPSA) is 112 Å². The Bertz CT molecular complexity index is 1110. The van der Waals surface area contributed by atoms with Crippen molar-refractivity contribution in [3.05, 3.63) is 71.6 Å². The zero-order valence-corrected chi connectivity index (χ0v) is 23.1. The molecule has 210 valence electrons. The Morgan fingerprint density at radius 1 is 1.10 bits per heavy atom. The van der Waals surface area contributed by atoms with Gasteiger partial charge in [-0.2, -0.15) is 0 Å². The number of hydrogen-bond acceptors (Lipinski definition) is 5. The van der Waals surface area contributed by atoms with Crippen LogP contribution in [0.2, 0.25) is 0 Å². The van der Waals surface area contributed by atoms with Crippen molar-refractivity contribution in [2.45, 2.75) is 89.5 Å². The van der Waals surface area contributed by atoms with Gasteiger partial charge in [0.15, 0.2) is 0 Å². The van der Waals surface area contributed by atoms with Crippen LogP contribution in [0, 0.1) is 17.8 Å². The molecule has 1 aromatic carbocycles. The monoisotopic (exact) mass is 533 g/mol. The number of benzene rings is 1. The van der Waals surface area contributed by atoms with Crippen molar-refractivity contribution >= 4 is 17.9 Å². The molecule has 7 nitrogen and oxygen atoms in total. The standard InChI is InChI=1S/C32H43N3O4/c1-21(2)26(32(39)35-31-25-13-7-6-12-24(25)18-29(31)37)19-28(36)27(17-22-9-4-3-5-10-22)34-30(38)15-14-23-11-8-16-33-20-23/h6-8,11-16,20-22,26-29,31,36-37H,3-5,9-10,17-19H2,1-2H3,(H,34,38)(H,35,39)/b15-14+/t26-,27-,28-,29+,31-/m0/s1. The van der Waals surface area contributed by atoms with Gasteiger partial charge in [-0.3, -0.25) is 14.6 Å². The third kappa shape index (κ3) is 7.99. The van der Waals surface area contributed by atoms with Gasteiger partial charge in [0.25, 0.3) is 0 Å². The molecular formula is C32H43N3O4. The Morgan fingerprint density at radius 3 is 2.59 bits per heavy atom. The lowest BCUT2D eigenvalue weighted by Gasteiger charge is -2.32. The highest BCUT2D eigenvalue weighted by atomic mass is 16.3. The van der Waals surface area contributed by atoms with E-state index < -0.39 is 30.2 Å². The first-order chi connectivity index (χ1) is 18.8. The molecule has 2 aliphatic rings. The molecule has 39 heavy (non-hydrogen) atoms. The molecule has 5 atom stereocenters. The Labute approximate surface area is 232 Å².